The zero-order valence-electron chi connectivity index (χ0n) is 5.95. The molecule has 1 aliphatic carbocycles. The smallest absolute Gasteiger partial charge is 0.220 e. The summed E-state index contributed by atoms with van der Waals surface area (Å²) in [5.74, 6) is 0.0912. The van der Waals surface area contributed by atoms with E-state index in [2.05, 4.69) is 0 Å². The number of carbonyl (C=O) groups is 1. The van der Waals surface area contributed by atoms with Crippen LogP contribution < -0.4 is 5.73 Å². The summed E-state index contributed by atoms with van der Waals surface area (Å²) in [6.07, 6.45) is 5.70. The van der Waals surface area contributed by atoms with Gasteiger partial charge in [0.25, 0.3) is 0 Å². The van der Waals surface area contributed by atoms with Gasteiger partial charge in [-0.05, 0) is 12.8 Å². The van der Waals surface area contributed by atoms with E-state index in [0.29, 0.717) is 0 Å². The Kier molecular flexibility index (Phi) is 4.75. The van der Waals surface area contributed by atoms with Crippen molar-refractivity contribution in [1.29, 1.82) is 0 Å². The molecule has 0 saturated heterocycles. The van der Waals surface area contributed by atoms with Crippen LogP contribution in [0.3, 0.4) is 0 Å². The number of amides is 1. The fourth-order valence-electron chi connectivity index (χ4n) is 1.39. The molecule has 0 aromatic rings. The molecule has 0 atom stereocenters. The molecule has 0 aromatic carbocycles. The van der Waals surface area contributed by atoms with Crippen LogP contribution in [0.1, 0.15) is 32.1 Å². The largest absolute Gasteiger partial charge is 0.369 e. The summed E-state index contributed by atoms with van der Waals surface area (Å²) in [6.45, 7) is 0. The Morgan fingerprint density at radius 3 is 2.00 bits per heavy atom. The Hall–Kier alpha value is -0.0105. The minimum atomic E-state index is -0.102. The maximum Gasteiger partial charge on any atom is 0.220 e. The summed E-state index contributed by atoms with van der Waals surface area (Å²) in [5.41, 5.74) is 5.13. The van der Waals surface area contributed by atoms with Gasteiger partial charge in [-0.3, -0.25) is 4.79 Å². The fraction of sp³-hybridized carbons (Fsp3) is 0.857. The summed E-state index contributed by atoms with van der Waals surface area (Å²) in [7, 11) is 0. The van der Waals surface area contributed by atoms with E-state index < -0.39 is 0 Å². The molecule has 1 amide bonds. The Balaban J connectivity index is 0.000000810. The zero-order valence-corrected chi connectivity index (χ0v) is 7.06. The summed E-state index contributed by atoms with van der Waals surface area (Å²) in [4.78, 5) is 10.6. The Bertz CT molecular complexity index is 110. The van der Waals surface area contributed by atoms with Crippen molar-refractivity contribution in [3.63, 3.8) is 0 Å². The molecule has 0 unspecified atom stereocenters. The van der Waals surface area contributed by atoms with Crippen LogP contribution in [0.2, 0.25) is 0 Å². The summed E-state index contributed by atoms with van der Waals surface area (Å²) >= 11 is 0. The van der Waals surface area contributed by atoms with Crippen molar-refractivity contribution in [1.82, 2.24) is 0 Å². The van der Waals surface area contributed by atoms with Gasteiger partial charge in [-0.2, -0.15) is 0 Å². The van der Waals surface area contributed by atoms with Crippen LogP contribution in [0, 0.1) is 5.92 Å². The van der Waals surface area contributed by atoms with E-state index in [9.17, 15) is 4.79 Å². The van der Waals surface area contributed by atoms with Gasteiger partial charge < -0.3 is 5.73 Å². The Labute approximate surface area is 72.0 Å². The van der Waals surface area contributed by atoms with Crippen LogP contribution in [0.25, 0.3) is 0 Å². The van der Waals surface area contributed by atoms with Crippen molar-refractivity contribution in [2.75, 3.05) is 0 Å². The molecule has 1 saturated carbocycles. The van der Waals surface area contributed by atoms with Gasteiger partial charge in [0.05, 0.1) is 0 Å². The normalized spacial score (nSPS) is 19.6. The van der Waals surface area contributed by atoms with Crippen LogP contribution in [-0.2, 0) is 21.9 Å². The van der Waals surface area contributed by atoms with Crippen molar-refractivity contribution in [3.05, 3.63) is 0 Å². The van der Waals surface area contributed by atoms with Gasteiger partial charge >= 0.3 is 0 Å². The van der Waals surface area contributed by atoms with E-state index in [0.717, 1.165) is 12.8 Å². The first-order valence-corrected chi connectivity index (χ1v) is 3.60. The van der Waals surface area contributed by atoms with E-state index in [4.69, 9.17) is 5.73 Å². The average Bonchev–Trinajstić information content (AvgIpc) is 1.90. The number of hydrogen-bond acceptors (Lipinski definition) is 1. The van der Waals surface area contributed by atoms with Gasteiger partial charge in [0.15, 0.2) is 0 Å². The van der Waals surface area contributed by atoms with E-state index in [-0.39, 0.29) is 28.9 Å². The topological polar surface area (TPSA) is 43.1 Å². The zero-order chi connectivity index (χ0) is 6.69. The molecule has 0 spiro atoms. The molecule has 2 N–H and O–H groups in total. The van der Waals surface area contributed by atoms with Crippen molar-refractivity contribution in [2.45, 2.75) is 32.1 Å². The van der Waals surface area contributed by atoms with Crippen LogP contribution in [-0.4, -0.2) is 5.91 Å². The second-order valence-electron chi connectivity index (χ2n) is 2.74. The van der Waals surface area contributed by atoms with Gasteiger partial charge in [0.2, 0.25) is 5.91 Å². The first-order chi connectivity index (χ1) is 4.30. The van der Waals surface area contributed by atoms with E-state index in [1.807, 2.05) is 0 Å². The Morgan fingerprint density at radius 1 is 1.20 bits per heavy atom. The number of carbonyl (C=O) groups excluding carboxylic acids is 1. The number of primary amides is 1. The molecule has 0 aromatic heterocycles. The van der Waals surface area contributed by atoms with E-state index >= 15 is 0 Å². The third-order valence-corrected chi connectivity index (χ3v) is 2.01. The van der Waals surface area contributed by atoms with Gasteiger partial charge in [-0.25, -0.2) is 0 Å². The van der Waals surface area contributed by atoms with Crippen LogP contribution in [0.5, 0.6) is 0 Å². The molecule has 0 bridgehead atoms. The average molecular weight is 183 g/mol. The minimum Gasteiger partial charge on any atom is -0.369 e. The minimum absolute atomic E-state index is 0. The third kappa shape index (κ3) is 2.72. The standard InChI is InChI=1S/C7H13NO.Fe/c8-7(9)6-4-2-1-3-5-6;/h6H,1-5H2,(H2,8,9);. The van der Waals surface area contributed by atoms with Gasteiger partial charge in [0, 0.05) is 23.0 Å². The van der Waals surface area contributed by atoms with Crippen molar-refractivity contribution >= 4 is 5.91 Å². The predicted molar refractivity (Wildman–Crippen MR) is 35.8 cm³/mol. The molecule has 0 radical (unpaired) electrons. The molecule has 1 rings (SSSR count). The predicted octanol–water partition coefficient (Wildman–Crippen LogP) is 1.05. The molecule has 1 aliphatic rings. The molecule has 1 fully saturated rings. The summed E-state index contributed by atoms with van der Waals surface area (Å²) in [6, 6.07) is 0. The third-order valence-electron chi connectivity index (χ3n) is 2.01. The Morgan fingerprint density at radius 2 is 1.70 bits per heavy atom. The summed E-state index contributed by atoms with van der Waals surface area (Å²) in [5, 5.41) is 0. The van der Waals surface area contributed by atoms with Crippen molar-refractivity contribution in [3.8, 4) is 0 Å². The first kappa shape index (κ1) is 9.99. The molecule has 10 heavy (non-hydrogen) atoms. The molecule has 0 heterocycles. The maximum atomic E-state index is 10.6. The fourth-order valence-corrected chi connectivity index (χ4v) is 1.39. The quantitative estimate of drug-likeness (QED) is 0.606. The summed E-state index contributed by atoms with van der Waals surface area (Å²) < 4.78 is 0. The van der Waals surface area contributed by atoms with Gasteiger partial charge in [-0.1, -0.05) is 19.3 Å². The molecular weight excluding hydrogens is 170 g/mol. The molecule has 0 aliphatic heterocycles. The van der Waals surface area contributed by atoms with Crippen LogP contribution in [0.4, 0.5) is 0 Å². The number of nitrogens with two attached hydrogens (primary N) is 1. The van der Waals surface area contributed by atoms with Crippen molar-refractivity contribution < 1.29 is 21.9 Å². The van der Waals surface area contributed by atoms with Crippen molar-refractivity contribution in [2.24, 2.45) is 11.7 Å². The van der Waals surface area contributed by atoms with Gasteiger partial charge in [-0.15, -0.1) is 0 Å². The second kappa shape index (κ2) is 4.75. The van der Waals surface area contributed by atoms with Crippen LogP contribution >= 0.6 is 0 Å². The molecule has 3 heteroatoms. The molecule has 2 nitrogen and oxygen atoms in total. The van der Waals surface area contributed by atoms with Crippen LogP contribution in [0.15, 0.2) is 0 Å². The van der Waals surface area contributed by atoms with Gasteiger partial charge in [0.1, 0.15) is 0 Å². The number of rotatable bonds is 1. The molecular formula is C7H13FeNO. The second-order valence-corrected chi connectivity index (χ2v) is 2.74. The first-order valence-electron chi connectivity index (χ1n) is 3.60. The van der Waals surface area contributed by atoms with E-state index in [1.165, 1.54) is 19.3 Å². The SMILES string of the molecule is NC(=O)C1CCCCC1.[Fe]. The maximum absolute atomic E-state index is 10.6. The monoisotopic (exact) mass is 183 g/mol. The molecule has 60 valence electrons. The van der Waals surface area contributed by atoms with E-state index in [1.54, 1.807) is 0 Å². The number of hydrogen-bond donors (Lipinski definition) is 1.